The van der Waals surface area contributed by atoms with Gasteiger partial charge in [-0.1, -0.05) is 23.7 Å². The van der Waals surface area contributed by atoms with E-state index in [0.717, 1.165) is 12.1 Å². The van der Waals surface area contributed by atoms with Gasteiger partial charge in [0, 0.05) is 22.7 Å². The van der Waals surface area contributed by atoms with Crippen LogP contribution in [-0.2, 0) is 11.3 Å². The number of imidazole rings is 1. The normalized spacial score (nSPS) is 11.0. The number of aromatic nitrogens is 2. The van der Waals surface area contributed by atoms with Crippen LogP contribution >= 0.6 is 11.6 Å². The fourth-order valence-corrected chi connectivity index (χ4v) is 2.45. The lowest BCUT2D eigenvalue weighted by Gasteiger charge is -2.07. The van der Waals surface area contributed by atoms with Gasteiger partial charge in [0.15, 0.2) is 11.6 Å². The average Bonchev–Trinajstić information content (AvgIpc) is 2.77. The molecule has 112 valence electrons. The van der Waals surface area contributed by atoms with Gasteiger partial charge in [-0.2, -0.15) is 0 Å². The van der Waals surface area contributed by atoms with E-state index >= 15 is 0 Å². The van der Waals surface area contributed by atoms with Crippen molar-refractivity contribution >= 4 is 28.6 Å². The molecule has 0 radical (unpaired) electrons. The number of hydrogen-bond donors (Lipinski definition) is 1. The standard InChI is InChI=1S/C15H9ClF2N2O2/c16-9-3-1-2-8(4-9)15-19-12-5-10(17)11(18)6-13(12)20(15)7-14(21)22/h1-6H,7H2,(H,21,22). The van der Waals surface area contributed by atoms with Crippen LogP contribution in [0.5, 0.6) is 0 Å². The van der Waals surface area contributed by atoms with Crippen molar-refractivity contribution in [1.82, 2.24) is 9.55 Å². The summed E-state index contributed by atoms with van der Waals surface area (Å²) >= 11 is 5.93. The first kappa shape index (κ1) is 14.5. The summed E-state index contributed by atoms with van der Waals surface area (Å²) in [6.45, 7) is -0.427. The quantitative estimate of drug-likeness (QED) is 0.799. The molecule has 0 atom stereocenters. The highest BCUT2D eigenvalue weighted by atomic mass is 35.5. The van der Waals surface area contributed by atoms with Crippen molar-refractivity contribution in [1.29, 1.82) is 0 Å². The first-order valence-corrected chi connectivity index (χ1v) is 6.66. The van der Waals surface area contributed by atoms with Gasteiger partial charge in [0.1, 0.15) is 12.4 Å². The number of halogens is 3. The van der Waals surface area contributed by atoms with Gasteiger partial charge in [-0.15, -0.1) is 0 Å². The molecule has 0 fully saturated rings. The maximum atomic E-state index is 13.5. The highest BCUT2D eigenvalue weighted by molar-refractivity contribution is 6.30. The maximum Gasteiger partial charge on any atom is 0.323 e. The van der Waals surface area contributed by atoms with Gasteiger partial charge < -0.3 is 9.67 Å². The molecule has 7 heteroatoms. The third-order valence-electron chi connectivity index (χ3n) is 3.17. The summed E-state index contributed by atoms with van der Waals surface area (Å²) in [6.07, 6.45) is 0. The number of fused-ring (bicyclic) bond motifs is 1. The van der Waals surface area contributed by atoms with E-state index in [1.54, 1.807) is 24.3 Å². The second-order valence-corrected chi connectivity index (χ2v) is 5.12. The minimum Gasteiger partial charge on any atom is -0.480 e. The Bertz CT molecular complexity index is 893. The Morgan fingerprint density at radius 1 is 1.23 bits per heavy atom. The fraction of sp³-hybridized carbons (Fsp3) is 0.0667. The predicted octanol–water partition coefficient (Wildman–Crippen LogP) is 3.72. The van der Waals surface area contributed by atoms with Gasteiger partial charge in [0.25, 0.3) is 0 Å². The number of carbonyl (C=O) groups is 1. The number of hydrogen-bond acceptors (Lipinski definition) is 2. The molecule has 1 N–H and O–H groups in total. The summed E-state index contributed by atoms with van der Waals surface area (Å²) in [5.41, 5.74) is 0.942. The van der Waals surface area contributed by atoms with Gasteiger partial charge in [0.2, 0.25) is 0 Å². The highest BCUT2D eigenvalue weighted by Crippen LogP contribution is 2.28. The molecule has 0 bridgehead atoms. The molecule has 2 aromatic carbocycles. The van der Waals surface area contributed by atoms with Crippen LogP contribution in [0.1, 0.15) is 0 Å². The summed E-state index contributed by atoms with van der Waals surface area (Å²) in [7, 11) is 0. The van der Waals surface area contributed by atoms with Crippen LogP contribution in [-0.4, -0.2) is 20.6 Å². The lowest BCUT2D eigenvalue weighted by atomic mass is 10.2. The second-order valence-electron chi connectivity index (χ2n) is 4.68. The Balaban J connectivity index is 2.30. The lowest BCUT2D eigenvalue weighted by molar-refractivity contribution is -0.137. The molecule has 0 aliphatic heterocycles. The van der Waals surface area contributed by atoms with E-state index in [2.05, 4.69) is 4.98 Å². The van der Waals surface area contributed by atoms with Crippen molar-refractivity contribution in [3.05, 3.63) is 53.1 Å². The van der Waals surface area contributed by atoms with Crippen molar-refractivity contribution < 1.29 is 18.7 Å². The third kappa shape index (κ3) is 2.53. The summed E-state index contributed by atoms with van der Waals surface area (Å²) in [4.78, 5) is 15.3. The van der Waals surface area contributed by atoms with Gasteiger partial charge in [-0.05, 0) is 12.1 Å². The zero-order valence-electron chi connectivity index (χ0n) is 11.1. The SMILES string of the molecule is O=C(O)Cn1c(-c2cccc(Cl)c2)nc2cc(F)c(F)cc21. The predicted molar refractivity (Wildman–Crippen MR) is 77.7 cm³/mol. The lowest BCUT2D eigenvalue weighted by Crippen LogP contribution is -2.10. The largest absolute Gasteiger partial charge is 0.480 e. The Hall–Kier alpha value is -2.47. The molecular formula is C15H9ClF2N2O2. The molecule has 0 amide bonds. The molecule has 0 saturated carbocycles. The number of rotatable bonds is 3. The van der Waals surface area contributed by atoms with Crippen LogP contribution in [0.4, 0.5) is 8.78 Å². The Kier molecular flexibility index (Phi) is 3.54. The number of benzene rings is 2. The monoisotopic (exact) mass is 322 g/mol. The Labute approximate surface area is 128 Å². The third-order valence-corrected chi connectivity index (χ3v) is 3.40. The summed E-state index contributed by atoms with van der Waals surface area (Å²) in [5.74, 6) is -2.93. The first-order valence-electron chi connectivity index (χ1n) is 6.28. The summed E-state index contributed by atoms with van der Waals surface area (Å²) in [5, 5.41) is 9.50. The van der Waals surface area contributed by atoms with Crippen LogP contribution in [0.3, 0.4) is 0 Å². The number of carboxylic acids is 1. The van der Waals surface area contributed by atoms with Crippen molar-refractivity contribution in [3.63, 3.8) is 0 Å². The van der Waals surface area contributed by atoms with E-state index in [0.29, 0.717) is 10.6 Å². The summed E-state index contributed by atoms with van der Waals surface area (Å²) < 4.78 is 28.1. The number of carboxylic acid groups (broad SMARTS) is 1. The molecule has 3 rings (SSSR count). The van der Waals surface area contributed by atoms with Crippen molar-refractivity contribution in [2.24, 2.45) is 0 Å². The van der Waals surface area contributed by atoms with Crippen LogP contribution in [0.2, 0.25) is 5.02 Å². The van der Waals surface area contributed by atoms with Crippen LogP contribution in [0, 0.1) is 11.6 Å². The minimum absolute atomic E-state index is 0.176. The molecule has 0 aliphatic rings. The first-order chi connectivity index (χ1) is 10.5. The van der Waals surface area contributed by atoms with Crippen LogP contribution < -0.4 is 0 Å². The van der Waals surface area contributed by atoms with Gasteiger partial charge >= 0.3 is 5.97 Å². The van der Waals surface area contributed by atoms with E-state index in [1.807, 2.05) is 0 Å². The Morgan fingerprint density at radius 3 is 2.64 bits per heavy atom. The highest BCUT2D eigenvalue weighted by Gasteiger charge is 2.17. The van der Waals surface area contributed by atoms with Crippen LogP contribution in [0.25, 0.3) is 22.4 Å². The molecular weight excluding hydrogens is 314 g/mol. The van der Waals surface area contributed by atoms with E-state index < -0.39 is 24.1 Å². The minimum atomic E-state index is -1.12. The maximum absolute atomic E-state index is 13.5. The van der Waals surface area contributed by atoms with Gasteiger partial charge in [0.05, 0.1) is 11.0 Å². The van der Waals surface area contributed by atoms with Crippen molar-refractivity contribution in [2.45, 2.75) is 6.54 Å². The average molecular weight is 323 g/mol. The molecule has 0 aliphatic carbocycles. The molecule has 4 nitrogen and oxygen atoms in total. The fourth-order valence-electron chi connectivity index (χ4n) is 2.26. The van der Waals surface area contributed by atoms with Gasteiger partial charge in [-0.25, -0.2) is 13.8 Å². The molecule has 22 heavy (non-hydrogen) atoms. The molecule has 0 saturated heterocycles. The molecule has 1 heterocycles. The van der Waals surface area contributed by atoms with E-state index in [4.69, 9.17) is 16.7 Å². The molecule has 0 spiro atoms. The van der Waals surface area contributed by atoms with Crippen molar-refractivity contribution in [2.75, 3.05) is 0 Å². The zero-order valence-corrected chi connectivity index (χ0v) is 11.8. The molecule has 0 unspecified atom stereocenters. The topological polar surface area (TPSA) is 55.1 Å². The van der Waals surface area contributed by atoms with Crippen LogP contribution in [0.15, 0.2) is 36.4 Å². The second kappa shape index (κ2) is 5.38. The molecule has 3 aromatic rings. The number of aliphatic carboxylic acids is 1. The number of nitrogens with zero attached hydrogens (tertiary/aromatic N) is 2. The molecule has 1 aromatic heterocycles. The zero-order chi connectivity index (χ0) is 15.9. The van der Waals surface area contributed by atoms with E-state index in [9.17, 15) is 13.6 Å². The Morgan fingerprint density at radius 2 is 1.95 bits per heavy atom. The smallest absolute Gasteiger partial charge is 0.323 e. The van der Waals surface area contributed by atoms with E-state index in [-0.39, 0.29) is 16.9 Å². The van der Waals surface area contributed by atoms with Crippen molar-refractivity contribution in [3.8, 4) is 11.4 Å². The van der Waals surface area contributed by atoms with Gasteiger partial charge in [-0.3, -0.25) is 4.79 Å². The summed E-state index contributed by atoms with van der Waals surface area (Å²) in [6, 6.07) is 8.52. The van der Waals surface area contributed by atoms with E-state index in [1.165, 1.54) is 4.57 Å².